The highest BCUT2D eigenvalue weighted by molar-refractivity contribution is 9.10. The van der Waals surface area contributed by atoms with Crippen LogP contribution in [0.5, 0.6) is 5.75 Å². The predicted molar refractivity (Wildman–Crippen MR) is 59.9 cm³/mol. The zero-order valence-corrected chi connectivity index (χ0v) is 9.59. The van der Waals surface area contributed by atoms with Crippen LogP contribution in [0.25, 0.3) is 0 Å². The van der Waals surface area contributed by atoms with E-state index in [2.05, 4.69) is 15.9 Å². The molecule has 0 radical (unpaired) electrons. The Morgan fingerprint density at radius 3 is 2.75 bits per heavy atom. The van der Waals surface area contributed by atoms with Gasteiger partial charge in [-0.05, 0) is 25.1 Å². The predicted octanol–water partition coefficient (Wildman–Crippen LogP) is 3.59. The van der Waals surface area contributed by atoms with Gasteiger partial charge in [0.1, 0.15) is 5.75 Å². The molecule has 0 amide bonds. The summed E-state index contributed by atoms with van der Waals surface area (Å²) in [6.07, 6.45) is 0. The molecule has 0 bridgehead atoms. The van der Waals surface area contributed by atoms with Crippen LogP contribution >= 0.6 is 39.9 Å². The third-order valence-corrected chi connectivity index (χ3v) is 2.77. The smallest absolute Gasteiger partial charge is 0.130 e. The fourth-order valence-corrected chi connectivity index (χ4v) is 1.96. The van der Waals surface area contributed by atoms with Crippen molar-refractivity contribution < 1.29 is 5.11 Å². The Balaban J connectivity index is 2.93. The number of benzene rings is 1. The quantitative estimate of drug-likeness (QED) is 0.617. The Hall–Kier alpha value is -0.0600. The lowest BCUT2D eigenvalue weighted by atomic mass is 10.3. The highest BCUT2D eigenvalue weighted by atomic mass is 79.9. The summed E-state index contributed by atoms with van der Waals surface area (Å²) in [4.78, 5) is 0.797. The van der Waals surface area contributed by atoms with E-state index in [0.717, 1.165) is 13.6 Å². The molecule has 1 nitrogen and oxygen atoms in total. The molecule has 1 aromatic rings. The lowest BCUT2D eigenvalue weighted by molar-refractivity contribution is 0.462. The van der Waals surface area contributed by atoms with Gasteiger partial charge in [-0.15, -0.1) is 0 Å². The van der Waals surface area contributed by atoms with E-state index in [1.165, 1.54) is 11.8 Å². The van der Waals surface area contributed by atoms with E-state index in [1.54, 1.807) is 6.07 Å². The molecule has 1 rings (SSSR count). The molecule has 0 saturated heterocycles. The number of halogens is 1. The average Bonchev–Trinajstić information content (AvgIpc) is 1.94. The number of hydrogen-bond acceptors (Lipinski definition) is 3. The van der Waals surface area contributed by atoms with Gasteiger partial charge in [0.25, 0.3) is 0 Å². The first-order valence-electron chi connectivity index (χ1n) is 3.26. The van der Waals surface area contributed by atoms with E-state index in [0.29, 0.717) is 0 Å². The molecule has 1 aromatic carbocycles. The Labute approximate surface area is 89.3 Å². The third-order valence-electron chi connectivity index (χ3n) is 1.17. The molecule has 64 valence electrons. The van der Waals surface area contributed by atoms with E-state index >= 15 is 0 Å². The Morgan fingerprint density at radius 2 is 2.25 bits per heavy atom. The second kappa shape index (κ2) is 4.25. The fraction of sp³-hybridized carbons (Fsp3) is 0.125. The first-order valence-corrected chi connectivity index (χ1v) is 5.28. The molecule has 12 heavy (non-hydrogen) atoms. The van der Waals surface area contributed by atoms with Gasteiger partial charge >= 0.3 is 0 Å². The first kappa shape index (κ1) is 10.0. The summed E-state index contributed by atoms with van der Waals surface area (Å²) < 4.78 is 1.67. The highest BCUT2D eigenvalue weighted by Gasteiger charge is 2.02. The van der Waals surface area contributed by atoms with Gasteiger partial charge in [0.2, 0.25) is 0 Å². The lowest BCUT2D eigenvalue weighted by Crippen LogP contribution is -1.79. The van der Waals surface area contributed by atoms with Crippen LogP contribution in [0, 0.1) is 0 Å². The second-order valence-electron chi connectivity index (χ2n) is 2.21. The molecule has 0 heterocycles. The summed E-state index contributed by atoms with van der Waals surface area (Å²) in [6, 6.07) is 5.36. The van der Waals surface area contributed by atoms with Crippen molar-refractivity contribution in [2.24, 2.45) is 0 Å². The van der Waals surface area contributed by atoms with Crippen LogP contribution in [-0.4, -0.2) is 9.30 Å². The summed E-state index contributed by atoms with van der Waals surface area (Å²) in [5.41, 5.74) is 0. The number of phenols is 1. The van der Waals surface area contributed by atoms with E-state index in [4.69, 9.17) is 12.2 Å². The highest BCUT2D eigenvalue weighted by Crippen LogP contribution is 2.31. The van der Waals surface area contributed by atoms with Gasteiger partial charge in [0.15, 0.2) is 0 Å². The minimum atomic E-state index is 0.263. The topological polar surface area (TPSA) is 20.2 Å². The third kappa shape index (κ3) is 2.77. The van der Waals surface area contributed by atoms with Crippen molar-refractivity contribution in [3.63, 3.8) is 0 Å². The SMILES string of the molecule is CC(=S)Sc1ccc(Br)cc1O. The van der Waals surface area contributed by atoms with Crippen LogP contribution in [0.4, 0.5) is 0 Å². The van der Waals surface area contributed by atoms with Crippen LogP contribution in [0.15, 0.2) is 27.6 Å². The van der Waals surface area contributed by atoms with Crippen molar-refractivity contribution >= 4 is 44.1 Å². The van der Waals surface area contributed by atoms with E-state index in [-0.39, 0.29) is 5.75 Å². The van der Waals surface area contributed by atoms with Crippen molar-refractivity contribution in [3.05, 3.63) is 22.7 Å². The Kier molecular flexibility index (Phi) is 3.55. The molecule has 0 atom stereocenters. The summed E-state index contributed by atoms with van der Waals surface area (Å²) in [6.45, 7) is 1.83. The summed E-state index contributed by atoms with van der Waals surface area (Å²) >= 11 is 9.56. The normalized spacial score (nSPS) is 9.83. The minimum Gasteiger partial charge on any atom is -0.507 e. The molecule has 4 heteroatoms. The van der Waals surface area contributed by atoms with Crippen LogP contribution in [-0.2, 0) is 0 Å². The van der Waals surface area contributed by atoms with Crippen molar-refractivity contribution in [1.29, 1.82) is 0 Å². The molecule has 0 saturated carbocycles. The Bertz CT molecular complexity index is 312. The molecule has 0 spiro atoms. The maximum atomic E-state index is 9.43. The Morgan fingerprint density at radius 1 is 1.58 bits per heavy atom. The van der Waals surface area contributed by atoms with Gasteiger partial charge < -0.3 is 5.11 Å². The van der Waals surface area contributed by atoms with E-state index < -0.39 is 0 Å². The van der Waals surface area contributed by atoms with Crippen molar-refractivity contribution in [3.8, 4) is 5.75 Å². The van der Waals surface area contributed by atoms with Crippen molar-refractivity contribution in [2.45, 2.75) is 11.8 Å². The monoisotopic (exact) mass is 262 g/mol. The summed E-state index contributed by atoms with van der Waals surface area (Å²) in [5, 5.41) is 9.43. The summed E-state index contributed by atoms with van der Waals surface area (Å²) in [5.74, 6) is 0.263. The maximum absolute atomic E-state index is 9.43. The van der Waals surface area contributed by atoms with E-state index in [9.17, 15) is 5.11 Å². The van der Waals surface area contributed by atoms with Crippen molar-refractivity contribution in [2.75, 3.05) is 0 Å². The molecule has 0 unspecified atom stereocenters. The summed E-state index contributed by atoms with van der Waals surface area (Å²) in [7, 11) is 0. The van der Waals surface area contributed by atoms with Crippen LogP contribution in [0.3, 0.4) is 0 Å². The number of rotatable bonds is 1. The van der Waals surface area contributed by atoms with Crippen LogP contribution in [0.2, 0.25) is 0 Å². The molecule has 0 aliphatic rings. The number of phenolic OH excluding ortho intramolecular Hbond substituents is 1. The zero-order valence-electron chi connectivity index (χ0n) is 6.37. The number of hydrogen-bond donors (Lipinski definition) is 1. The van der Waals surface area contributed by atoms with Crippen LogP contribution in [0.1, 0.15) is 6.92 Å². The van der Waals surface area contributed by atoms with Gasteiger partial charge in [-0.1, -0.05) is 39.9 Å². The van der Waals surface area contributed by atoms with Gasteiger partial charge in [-0.2, -0.15) is 0 Å². The molecule has 0 fully saturated rings. The molecular formula is C8H7BrOS2. The van der Waals surface area contributed by atoms with Gasteiger partial charge in [0.05, 0.1) is 4.90 Å². The number of aromatic hydroxyl groups is 1. The standard InChI is InChI=1S/C8H7BrOS2/c1-5(11)12-8-3-2-6(9)4-7(8)10/h2-4,10H,1H3. The maximum Gasteiger partial charge on any atom is 0.130 e. The number of thioether (sulfide) groups is 1. The number of thiocarbonyl (C=S) groups is 1. The zero-order chi connectivity index (χ0) is 9.14. The lowest BCUT2D eigenvalue weighted by Gasteiger charge is -2.02. The van der Waals surface area contributed by atoms with Crippen LogP contribution < -0.4 is 0 Å². The second-order valence-corrected chi connectivity index (χ2v) is 5.25. The van der Waals surface area contributed by atoms with Gasteiger partial charge in [0, 0.05) is 8.67 Å². The largest absolute Gasteiger partial charge is 0.507 e. The fourth-order valence-electron chi connectivity index (χ4n) is 0.732. The van der Waals surface area contributed by atoms with Gasteiger partial charge in [-0.3, -0.25) is 0 Å². The van der Waals surface area contributed by atoms with E-state index in [1.807, 2.05) is 19.1 Å². The minimum absolute atomic E-state index is 0.263. The average molecular weight is 263 g/mol. The first-order chi connectivity index (χ1) is 5.59. The molecule has 0 aliphatic heterocycles. The van der Waals surface area contributed by atoms with Gasteiger partial charge in [-0.25, -0.2) is 0 Å². The molecule has 0 aromatic heterocycles. The molecule has 1 N–H and O–H groups in total. The molecular weight excluding hydrogens is 256 g/mol. The molecule has 0 aliphatic carbocycles. The van der Waals surface area contributed by atoms with Crippen molar-refractivity contribution in [1.82, 2.24) is 0 Å².